The van der Waals surface area contributed by atoms with Crippen LogP contribution in [0.15, 0.2) is 24.3 Å². The van der Waals surface area contributed by atoms with Gasteiger partial charge in [0.25, 0.3) is 0 Å². The Bertz CT molecular complexity index is 500. The molecule has 0 bridgehead atoms. The zero-order valence-electron chi connectivity index (χ0n) is 11.4. The van der Waals surface area contributed by atoms with Gasteiger partial charge in [-0.25, -0.2) is 4.39 Å². The van der Waals surface area contributed by atoms with Crippen LogP contribution in [-0.4, -0.2) is 24.0 Å². The standard InChI is InChI=1S/C15H18FNO3/c1-17(11-8-6-10(16)7-9-11)14(18)12-4-2-3-5-13(12)15(19)20/h6-9,12-13H,2-5H2,1H3,(H,19,20). The van der Waals surface area contributed by atoms with Gasteiger partial charge in [0.1, 0.15) is 5.82 Å². The molecule has 0 spiro atoms. The predicted molar refractivity (Wildman–Crippen MR) is 72.9 cm³/mol. The molecule has 1 aliphatic carbocycles. The molecule has 1 aliphatic rings. The predicted octanol–water partition coefficient (Wildman–Crippen LogP) is 2.68. The van der Waals surface area contributed by atoms with Crippen LogP contribution < -0.4 is 4.90 Å². The summed E-state index contributed by atoms with van der Waals surface area (Å²) >= 11 is 0. The molecular weight excluding hydrogens is 261 g/mol. The van der Waals surface area contributed by atoms with Crippen molar-refractivity contribution < 1.29 is 19.1 Å². The number of nitrogens with zero attached hydrogens (tertiary/aromatic N) is 1. The fourth-order valence-corrected chi connectivity index (χ4v) is 2.76. The Balaban J connectivity index is 2.16. The number of benzene rings is 1. The van der Waals surface area contributed by atoms with E-state index in [2.05, 4.69) is 0 Å². The lowest BCUT2D eigenvalue weighted by atomic mass is 9.78. The van der Waals surface area contributed by atoms with Crippen LogP contribution in [0.1, 0.15) is 25.7 Å². The second-order valence-corrected chi connectivity index (χ2v) is 5.21. The topological polar surface area (TPSA) is 57.6 Å². The molecule has 1 aromatic carbocycles. The maximum absolute atomic E-state index is 12.9. The van der Waals surface area contributed by atoms with E-state index in [4.69, 9.17) is 0 Å². The first-order chi connectivity index (χ1) is 9.50. The molecule has 5 heteroatoms. The summed E-state index contributed by atoms with van der Waals surface area (Å²) in [5.74, 6) is -2.58. The molecule has 4 nitrogen and oxygen atoms in total. The van der Waals surface area contributed by atoms with E-state index < -0.39 is 17.8 Å². The van der Waals surface area contributed by atoms with Gasteiger partial charge in [0.05, 0.1) is 11.8 Å². The number of amides is 1. The average Bonchev–Trinajstić information content (AvgIpc) is 2.46. The third-order valence-electron chi connectivity index (χ3n) is 3.94. The molecule has 20 heavy (non-hydrogen) atoms. The average molecular weight is 279 g/mol. The van der Waals surface area contributed by atoms with E-state index >= 15 is 0 Å². The molecule has 1 N–H and O–H groups in total. The van der Waals surface area contributed by atoms with Gasteiger partial charge in [0.2, 0.25) is 5.91 Å². The molecule has 108 valence electrons. The Morgan fingerprint density at radius 2 is 1.70 bits per heavy atom. The molecule has 0 saturated heterocycles. The van der Waals surface area contributed by atoms with Crippen molar-refractivity contribution in [2.24, 2.45) is 11.8 Å². The number of carbonyl (C=O) groups is 2. The van der Waals surface area contributed by atoms with Gasteiger partial charge in [-0.15, -0.1) is 0 Å². The van der Waals surface area contributed by atoms with Crippen molar-refractivity contribution in [3.8, 4) is 0 Å². The number of halogens is 1. The van der Waals surface area contributed by atoms with Crippen molar-refractivity contribution in [2.75, 3.05) is 11.9 Å². The van der Waals surface area contributed by atoms with Gasteiger partial charge in [-0.05, 0) is 37.1 Å². The molecule has 1 saturated carbocycles. The van der Waals surface area contributed by atoms with Crippen LogP contribution >= 0.6 is 0 Å². The molecule has 0 radical (unpaired) electrons. The van der Waals surface area contributed by atoms with Gasteiger partial charge < -0.3 is 10.0 Å². The highest BCUT2D eigenvalue weighted by Gasteiger charge is 2.37. The van der Waals surface area contributed by atoms with E-state index in [1.54, 1.807) is 7.05 Å². The van der Waals surface area contributed by atoms with Gasteiger partial charge in [-0.3, -0.25) is 9.59 Å². The summed E-state index contributed by atoms with van der Waals surface area (Å²) in [6.45, 7) is 0. The molecule has 2 atom stereocenters. The monoisotopic (exact) mass is 279 g/mol. The molecule has 2 unspecified atom stereocenters. The van der Waals surface area contributed by atoms with Crippen molar-refractivity contribution in [2.45, 2.75) is 25.7 Å². The van der Waals surface area contributed by atoms with E-state index in [0.717, 1.165) is 12.8 Å². The third kappa shape index (κ3) is 2.98. The first kappa shape index (κ1) is 14.5. The Kier molecular flexibility index (Phi) is 4.37. The SMILES string of the molecule is CN(C(=O)C1CCCCC1C(=O)O)c1ccc(F)cc1. The van der Waals surface area contributed by atoms with Gasteiger partial charge in [-0.1, -0.05) is 12.8 Å². The minimum atomic E-state index is -0.907. The number of anilines is 1. The van der Waals surface area contributed by atoms with Crippen molar-refractivity contribution in [3.05, 3.63) is 30.1 Å². The number of carboxylic acids is 1. The Morgan fingerprint density at radius 1 is 1.15 bits per heavy atom. The van der Waals surface area contributed by atoms with Gasteiger partial charge >= 0.3 is 5.97 Å². The molecule has 1 aromatic rings. The highest BCUT2D eigenvalue weighted by molar-refractivity contribution is 5.96. The first-order valence-corrected chi connectivity index (χ1v) is 6.76. The highest BCUT2D eigenvalue weighted by atomic mass is 19.1. The van der Waals surface area contributed by atoms with Gasteiger partial charge in [0, 0.05) is 12.7 Å². The Labute approximate surface area is 117 Å². The quantitative estimate of drug-likeness (QED) is 0.925. The van der Waals surface area contributed by atoms with Crippen LogP contribution in [0.25, 0.3) is 0 Å². The minimum Gasteiger partial charge on any atom is -0.481 e. The van der Waals surface area contributed by atoms with Crippen LogP contribution in [0.2, 0.25) is 0 Å². The smallest absolute Gasteiger partial charge is 0.307 e. The van der Waals surface area contributed by atoms with Gasteiger partial charge in [0.15, 0.2) is 0 Å². The first-order valence-electron chi connectivity index (χ1n) is 6.76. The number of carbonyl (C=O) groups excluding carboxylic acids is 1. The summed E-state index contributed by atoms with van der Waals surface area (Å²) in [6.07, 6.45) is 2.86. The summed E-state index contributed by atoms with van der Waals surface area (Å²) in [4.78, 5) is 25.1. The number of hydrogen-bond acceptors (Lipinski definition) is 2. The molecular formula is C15H18FNO3. The number of aliphatic carboxylic acids is 1. The van der Waals surface area contributed by atoms with E-state index in [1.165, 1.54) is 29.2 Å². The molecule has 0 heterocycles. The van der Waals surface area contributed by atoms with Gasteiger partial charge in [-0.2, -0.15) is 0 Å². The van der Waals surface area contributed by atoms with Crippen LogP contribution in [-0.2, 0) is 9.59 Å². The second kappa shape index (κ2) is 6.03. The summed E-state index contributed by atoms with van der Waals surface area (Å²) in [7, 11) is 1.60. The largest absolute Gasteiger partial charge is 0.481 e. The van der Waals surface area contributed by atoms with E-state index in [9.17, 15) is 19.1 Å². The lowest BCUT2D eigenvalue weighted by Gasteiger charge is -2.31. The van der Waals surface area contributed by atoms with Crippen LogP contribution in [0, 0.1) is 17.7 Å². The van der Waals surface area contributed by atoms with E-state index in [-0.39, 0.29) is 11.7 Å². The Morgan fingerprint density at radius 3 is 2.25 bits per heavy atom. The minimum absolute atomic E-state index is 0.205. The van der Waals surface area contributed by atoms with Crippen molar-refractivity contribution in [3.63, 3.8) is 0 Å². The lowest BCUT2D eigenvalue weighted by molar-refractivity contribution is -0.148. The summed E-state index contributed by atoms with van der Waals surface area (Å²) < 4.78 is 12.9. The number of carboxylic acid groups (broad SMARTS) is 1. The lowest BCUT2D eigenvalue weighted by Crippen LogP contribution is -2.40. The zero-order valence-corrected chi connectivity index (χ0v) is 11.4. The third-order valence-corrected chi connectivity index (χ3v) is 3.94. The second-order valence-electron chi connectivity index (χ2n) is 5.21. The zero-order chi connectivity index (χ0) is 14.7. The fourth-order valence-electron chi connectivity index (χ4n) is 2.76. The van der Waals surface area contributed by atoms with Crippen LogP contribution in [0.4, 0.5) is 10.1 Å². The normalized spacial score (nSPS) is 22.3. The number of hydrogen-bond donors (Lipinski definition) is 1. The van der Waals surface area contributed by atoms with Crippen molar-refractivity contribution >= 4 is 17.6 Å². The molecule has 1 fully saturated rings. The fraction of sp³-hybridized carbons (Fsp3) is 0.467. The van der Waals surface area contributed by atoms with Crippen LogP contribution in [0.3, 0.4) is 0 Å². The van der Waals surface area contributed by atoms with Crippen LogP contribution in [0.5, 0.6) is 0 Å². The molecule has 1 amide bonds. The Hall–Kier alpha value is -1.91. The maximum Gasteiger partial charge on any atom is 0.307 e. The van der Waals surface area contributed by atoms with E-state index in [0.29, 0.717) is 18.5 Å². The van der Waals surface area contributed by atoms with Crippen molar-refractivity contribution in [1.82, 2.24) is 0 Å². The number of rotatable bonds is 3. The molecule has 0 aliphatic heterocycles. The maximum atomic E-state index is 12.9. The highest BCUT2D eigenvalue weighted by Crippen LogP contribution is 2.32. The summed E-state index contributed by atoms with van der Waals surface area (Å²) in [5.41, 5.74) is 0.575. The van der Waals surface area contributed by atoms with E-state index in [1.807, 2.05) is 0 Å². The van der Waals surface area contributed by atoms with Crippen molar-refractivity contribution in [1.29, 1.82) is 0 Å². The summed E-state index contributed by atoms with van der Waals surface area (Å²) in [5, 5.41) is 9.23. The molecule has 2 rings (SSSR count). The summed E-state index contributed by atoms with van der Waals surface area (Å²) in [6, 6.07) is 5.61. The molecule has 0 aromatic heterocycles.